The average Bonchev–Trinajstić information content (AvgIpc) is 2.87. The van der Waals surface area contributed by atoms with Gasteiger partial charge in [0.25, 0.3) is 0 Å². The molecule has 0 aromatic heterocycles. The Hall–Kier alpha value is -3.87. The van der Waals surface area contributed by atoms with Gasteiger partial charge in [0.15, 0.2) is 43.1 Å². The summed E-state index contributed by atoms with van der Waals surface area (Å²) in [6.07, 6.45) is -14.2. The Morgan fingerprint density at radius 2 is 0.977 bits per heavy atom. The summed E-state index contributed by atoms with van der Waals surface area (Å²) in [5, 5.41) is 13.5. The third kappa shape index (κ3) is 10.7. The van der Waals surface area contributed by atoms with Crippen molar-refractivity contribution < 1.29 is 81.3 Å². The summed E-state index contributed by atoms with van der Waals surface area (Å²) in [4.78, 5) is 83.5. The standard InChI is InChI=1S/C26H37NO17/c1-10(28)27-19-22(40-15(6)33)20(38-13(4)31)18(9-37-12(3)30)43-26(19)44-24-23(41-16(7)34)21(39-14(5)32)17(42-25(24)35)8-36-11(2)29/h17-26,35H,8-9H2,1-7H3,(H,27,28)/t17-,18-,19+,20-,21-,22-,23+,24+,25+,26+/m1/s1. The van der Waals surface area contributed by atoms with Gasteiger partial charge in [0.1, 0.15) is 31.5 Å². The fraction of sp³-hybridized carbons (Fsp3) is 0.731. The lowest BCUT2D eigenvalue weighted by Gasteiger charge is -2.48. The molecule has 0 unspecified atom stereocenters. The molecule has 2 N–H and O–H groups in total. The number of nitrogens with one attached hydrogen (secondary N) is 1. The number of aliphatic hydroxyl groups excluding tert-OH is 1. The van der Waals surface area contributed by atoms with Gasteiger partial charge >= 0.3 is 35.8 Å². The van der Waals surface area contributed by atoms with E-state index in [2.05, 4.69) is 5.32 Å². The first kappa shape index (κ1) is 36.3. The molecule has 10 atom stereocenters. The Balaban J connectivity index is 2.59. The van der Waals surface area contributed by atoms with Crippen molar-refractivity contribution in [2.75, 3.05) is 13.2 Å². The van der Waals surface area contributed by atoms with Crippen LogP contribution in [0.5, 0.6) is 0 Å². The summed E-state index contributed by atoms with van der Waals surface area (Å²) in [5.74, 6) is -5.60. The number of carbonyl (C=O) groups is 7. The summed E-state index contributed by atoms with van der Waals surface area (Å²) in [7, 11) is 0. The molecule has 248 valence electrons. The molecule has 2 aliphatic heterocycles. The zero-order valence-corrected chi connectivity index (χ0v) is 25.2. The molecule has 0 bridgehead atoms. The van der Waals surface area contributed by atoms with E-state index in [-0.39, 0.29) is 0 Å². The SMILES string of the molecule is CC(=O)N[C@@H]1[C@H](O[C@H]2[C@@H](OC(C)=O)[C@H](OC(C)=O)[C@@H](COC(C)=O)O[C@@H]2O)O[C@H](COC(C)=O)[C@@H](OC(C)=O)[C@@H]1OC(C)=O. The molecule has 2 rings (SSSR count). The van der Waals surface area contributed by atoms with Crippen molar-refractivity contribution in [2.24, 2.45) is 0 Å². The Labute approximate surface area is 251 Å². The second kappa shape index (κ2) is 16.3. The first-order chi connectivity index (χ1) is 20.5. The largest absolute Gasteiger partial charge is 0.463 e. The number of aliphatic hydroxyl groups is 1. The van der Waals surface area contributed by atoms with Gasteiger partial charge in [0.05, 0.1) is 0 Å². The van der Waals surface area contributed by atoms with Crippen molar-refractivity contribution in [2.45, 2.75) is 110 Å². The predicted octanol–water partition coefficient (Wildman–Crippen LogP) is -1.83. The minimum absolute atomic E-state index is 0.522. The van der Waals surface area contributed by atoms with Crippen LogP contribution in [0.3, 0.4) is 0 Å². The van der Waals surface area contributed by atoms with Gasteiger partial charge in [-0.05, 0) is 0 Å². The maximum atomic E-state index is 12.2. The van der Waals surface area contributed by atoms with Crippen molar-refractivity contribution in [3.05, 3.63) is 0 Å². The zero-order chi connectivity index (χ0) is 33.3. The van der Waals surface area contributed by atoms with Crippen molar-refractivity contribution in [1.82, 2.24) is 5.32 Å². The number of esters is 6. The fourth-order valence-electron chi connectivity index (χ4n) is 4.60. The van der Waals surface area contributed by atoms with Crippen LogP contribution in [0.15, 0.2) is 0 Å². The second-order valence-corrected chi connectivity index (χ2v) is 9.84. The fourth-order valence-corrected chi connectivity index (χ4v) is 4.60. The second-order valence-electron chi connectivity index (χ2n) is 9.84. The molecular formula is C26H37NO17. The summed E-state index contributed by atoms with van der Waals surface area (Å²) in [6.45, 7) is 6.43. The Morgan fingerprint density at radius 3 is 1.41 bits per heavy atom. The van der Waals surface area contributed by atoms with Crippen LogP contribution in [0, 0.1) is 0 Å². The number of hydrogen-bond donors (Lipinski definition) is 2. The Bertz CT molecular complexity index is 1090. The highest BCUT2D eigenvalue weighted by molar-refractivity contribution is 5.74. The third-order valence-electron chi connectivity index (χ3n) is 6.03. The van der Waals surface area contributed by atoms with E-state index in [0.29, 0.717) is 0 Å². The minimum Gasteiger partial charge on any atom is -0.463 e. The van der Waals surface area contributed by atoms with Crippen LogP contribution in [0.2, 0.25) is 0 Å². The molecule has 2 heterocycles. The van der Waals surface area contributed by atoms with Crippen molar-refractivity contribution in [3.63, 3.8) is 0 Å². The van der Waals surface area contributed by atoms with Crippen LogP contribution in [0.1, 0.15) is 48.5 Å². The third-order valence-corrected chi connectivity index (χ3v) is 6.03. The first-order valence-corrected chi connectivity index (χ1v) is 13.4. The van der Waals surface area contributed by atoms with Crippen LogP contribution in [-0.2, 0) is 76.2 Å². The quantitative estimate of drug-likeness (QED) is 0.188. The van der Waals surface area contributed by atoms with E-state index in [1.54, 1.807) is 0 Å². The average molecular weight is 636 g/mol. The lowest BCUT2D eigenvalue weighted by atomic mass is 9.95. The minimum atomic E-state index is -1.96. The zero-order valence-electron chi connectivity index (χ0n) is 25.2. The van der Waals surface area contributed by atoms with E-state index in [1.807, 2.05) is 0 Å². The molecular weight excluding hydrogens is 598 g/mol. The molecule has 0 radical (unpaired) electrons. The van der Waals surface area contributed by atoms with Crippen LogP contribution < -0.4 is 5.32 Å². The molecule has 18 nitrogen and oxygen atoms in total. The Kier molecular flexibility index (Phi) is 13.4. The van der Waals surface area contributed by atoms with Gasteiger partial charge in [-0.25, -0.2) is 0 Å². The van der Waals surface area contributed by atoms with Gasteiger partial charge in [-0.1, -0.05) is 0 Å². The van der Waals surface area contributed by atoms with Crippen LogP contribution >= 0.6 is 0 Å². The molecule has 2 aliphatic rings. The van der Waals surface area contributed by atoms with Crippen LogP contribution in [0.25, 0.3) is 0 Å². The topological polar surface area (TPSA) is 235 Å². The van der Waals surface area contributed by atoms with E-state index in [0.717, 1.165) is 48.5 Å². The summed E-state index contributed by atoms with van der Waals surface area (Å²) in [5.41, 5.74) is 0. The molecule has 0 aliphatic carbocycles. The van der Waals surface area contributed by atoms with Gasteiger partial charge in [0.2, 0.25) is 5.91 Å². The van der Waals surface area contributed by atoms with Gasteiger partial charge in [0, 0.05) is 48.5 Å². The highest BCUT2D eigenvalue weighted by Gasteiger charge is 2.56. The number of amides is 1. The lowest BCUT2D eigenvalue weighted by Crippen LogP contribution is -2.69. The van der Waals surface area contributed by atoms with Crippen molar-refractivity contribution >= 4 is 41.7 Å². The Morgan fingerprint density at radius 1 is 0.568 bits per heavy atom. The maximum Gasteiger partial charge on any atom is 0.303 e. The lowest BCUT2D eigenvalue weighted by molar-refractivity contribution is -0.349. The molecule has 44 heavy (non-hydrogen) atoms. The van der Waals surface area contributed by atoms with Gasteiger partial charge in [-0.3, -0.25) is 33.6 Å². The highest BCUT2D eigenvalue weighted by atomic mass is 16.7. The van der Waals surface area contributed by atoms with Crippen molar-refractivity contribution in [1.29, 1.82) is 0 Å². The number of ether oxygens (including phenoxy) is 9. The monoisotopic (exact) mass is 635 g/mol. The van der Waals surface area contributed by atoms with E-state index in [4.69, 9.17) is 42.6 Å². The van der Waals surface area contributed by atoms with E-state index < -0.39 is 116 Å². The molecule has 0 spiro atoms. The molecule has 18 heteroatoms. The van der Waals surface area contributed by atoms with Gasteiger partial charge in [-0.2, -0.15) is 0 Å². The normalized spacial score (nSPS) is 31.5. The van der Waals surface area contributed by atoms with Crippen LogP contribution in [-0.4, -0.2) is 121 Å². The van der Waals surface area contributed by atoms with E-state index in [9.17, 15) is 38.7 Å². The molecule has 2 fully saturated rings. The number of rotatable bonds is 11. The molecule has 1 amide bonds. The summed E-state index contributed by atoms with van der Waals surface area (Å²) < 4.78 is 48.9. The highest BCUT2D eigenvalue weighted by Crippen LogP contribution is 2.33. The number of hydrogen-bond acceptors (Lipinski definition) is 17. The number of carbonyl (C=O) groups excluding carboxylic acids is 7. The van der Waals surface area contributed by atoms with Crippen LogP contribution in [0.4, 0.5) is 0 Å². The molecule has 0 saturated carbocycles. The van der Waals surface area contributed by atoms with E-state index in [1.165, 1.54) is 0 Å². The van der Waals surface area contributed by atoms with Gasteiger partial charge < -0.3 is 53.1 Å². The first-order valence-electron chi connectivity index (χ1n) is 13.4. The van der Waals surface area contributed by atoms with Crippen molar-refractivity contribution in [3.8, 4) is 0 Å². The smallest absolute Gasteiger partial charge is 0.303 e. The molecule has 2 saturated heterocycles. The maximum absolute atomic E-state index is 12.2. The molecule has 0 aromatic carbocycles. The summed E-state index contributed by atoms with van der Waals surface area (Å²) >= 11 is 0. The summed E-state index contributed by atoms with van der Waals surface area (Å²) in [6, 6.07) is -1.45. The predicted molar refractivity (Wildman–Crippen MR) is 138 cm³/mol. The van der Waals surface area contributed by atoms with E-state index >= 15 is 0 Å². The molecule has 0 aromatic rings. The van der Waals surface area contributed by atoms with Gasteiger partial charge in [-0.15, -0.1) is 0 Å².